The smallest absolute Gasteiger partial charge is 0.166 e. The minimum atomic E-state index is 0.318. The van der Waals surface area contributed by atoms with Crippen molar-refractivity contribution in [2.24, 2.45) is 0 Å². The van der Waals surface area contributed by atoms with Gasteiger partial charge in [0.15, 0.2) is 5.11 Å². The van der Waals surface area contributed by atoms with Gasteiger partial charge in [0.2, 0.25) is 0 Å². The van der Waals surface area contributed by atoms with Crippen molar-refractivity contribution < 1.29 is 5.11 Å². The summed E-state index contributed by atoms with van der Waals surface area (Å²) in [6.45, 7) is 3.88. The number of nitrogens with one attached hydrogen (secondary N) is 2. The van der Waals surface area contributed by atoms with E-state index >= 15 is 0 Å². The summed E-state index contributed by atoms with van der Waals surface area (Å²) in [6.07, 6.45) is 3.04. The number of rotatable bonds is 6. The van der Waals surface area contributed by atoms with Crippen LogP contribution in [0.4, 0.5) is 0 Å². The molecule has 112 valence electrons. The molecule has 0 unspecified atom stereocenters. The van der Waals surface area contributed by atoms with Crippen LogP contribution in [0.5, 0.6) is 5.75 Å². The Balaban J connectivity index is 1.89. The number of phenols is 1. The fourth-order valence-electron chi connectivity index (χ4n) is 2.33. The Kier molecular flexibility index (Phi) is 5.81. The van der Waals surface area contributed by atoms with Gasteiger partial charge in [0.1, 0.15) is 5.75 Å². The molecule has 0 aliphatic carbocycles. The van der Waals surface area contributed by atoms with E-state index in [4.69, 9.17) is 12.2 Å². The lowest BCUT2D eigenvalue weighted by Crippen LogP contribution is -2.36. The van der Waals surface area contributed by atoms with Crippen molar-refractivity contribution in [3.05, 3.63) is 42.0 Å². The van der Waals surface area contributed by atoms with Gasteiger partial charge >= 0.3 is 0 Å². The molecule has 2 aromatic carbocycles. The number of hydrogen-bond donors (Lipinski definition) is 3. The molecule has 0 heterocycles. The number of hydrogen-bond acceptors (Lipinski definition) is 2. The second-order valence-electron chi connectivity index (χ2n) is 5.11. The van der Waals surface area contributed by atoms with Crippen molar-refractivity contribution in [2.75, 3.05) is 13.1 Å². The highest BCUT2D eigenvalue weighted by Crippen LogP contribution is 2.24. The second-order valence-corrected chi connectivity index (χ2v) is 5.52. The molecule has 3 nitrogen and oxygen atoms in total. The summed E-state index contributed by atoms with van der Waals surface area (Å²) in [5.41, 5.74) is 1.26. The number of aryl methyl sites for hydroxylation is 1. The fourth-order valence-corrected chi connectivity index (χ4v) is 2.53. The summed E-state index contributed by atoms with van der Waals surface area (Å²) in [6, 6.07) is 11.8. The minimum Gasteiger partial charge on any atom is -0.508 e. The van der Waals surface area contributed by atoms with Crippen LogP contribution < -0.4 is 10.6 Å². The molecule has 0 aliphatic rings. The van der Waals surface area contributed by atoms with Crippen molar-refractivity contribution >= 4 is 28.1 Å². The lowest BCUT2D eigenvalue weighted by Gasteiger charge is -2.10. The number of thiocarbonyl (C=S) groups is 1. The van der Waals surface area contributed by atoms with Gasteiger partial charge in [-0.15, -0.1) is 0 Å². The number of benzene rings is 2. The average Bonchev–Trinajstić information content (AvgIpc) is 2.49. The van der Waals surface area contributed by atoms with Crippen molar-refractivity contribution in [3.8, 4) is 5.75 Å². The van der Waals surface area contributed by atoms with E-state index in [1.54, 1.807) is 6.07 Å². The Morgan fingerprint density at radius 3 is 2.76 bits per heavy atom. The normalized spacial score (nSPS) is 10.5. The molecule has 0 spiro atoms. The van der Waals surface area contributed by atoms with Gasteiger partial charge in [-0.25, -0.2) is 0 Å². The first-order chi connectivity index (χ1) is 10.2. The van der Waals surface area contributed by atoms with E-state index in [1.807, 2.05) is 12.1 Å². The fraction of sp³-hybridized carbons (Fsp3) is 0.353. The number of fused-ring (bicyclic) bond motifs is 1. The van der Waals surface area contributed by atoms with Gasteiger partial charge in [-0.2, -0.15) is 0 Å². The minimum absolute atomic E-state index is 0.318. The summed E-state index contributed by atoms with van der Waals surface area (Å²) in [5, 5.41) is 19.0. The van der Waals surface area contributed by atoms with Gasteiger partial charge < -0.3 is 15.7 Å². The van der Waals surface area contributed by atoms with Gasteiger partial charge in [0, 0.05) is 13.1 Å². The van der Waals surface area contributed by atoms with Crippen LogP contribution >= 0.6 is 12.2 Å². The van der Waals surface area contributed by atoms with E-state index in [2.05, 4.69) is 35.8 Å². The quantitative estimate of drug-likeness (QED) is 0.565. The Labute approximate surface area is 131 Å². The average molecular weight is 302 g/mol. The molecular weight excluding hydrogens is 280 g/mol. The molecule has 0 radical (unpaired) electrons. The second kappa shape index (κ2) is 7.84. The maximum Gasteiger partial charge on any atom is 0.166 e. The number of aromatic hydroxyl groups is 1. The predicted octanol–water partition coefficient (Wildman–Crippen LogP) is 3.35. The zero-order chi connectivity index (χ0) is 15.1. The zero-order valence-corrected chi connectivity index (χ0v) is 13.2. The third kappa shape index (κ3) is 4.60. The maximum absolute atomic E-state index is 9.64. The molecular formula is C17H22N2OS. The topological polar surface area (TPSA) is 44.3 Å². The SMILES string of the molecule is CCCNC(=S)NCCCc1cccc2ccc(O)cc12. The molecule has 2 aromatic rings. The van der Waals surface area contributed by atoms with E-state index in [0.717, 1.165) is 42.9 Å². The van der Waals surface area contributed by atoms with E-state index in [1.165, 1.54) is 10.9 Å². The molecule has 0 atom stereocenters. The highest BCUT2D eigenvalue weighted by molar-refractivity contribution is 7.80. The van der Waals surface area contributed by atoms with Crippen LogP contribution in [-0.4, -0.2) is 23.3 Å². The monoisotopic (exact) mass is 302 g/mol. The molecule has 4 heteroatoms. The molecule has 0 fully saturated rings. The predicted molar refractivity (Wildman–Crippen MR) is 92.8 cm³/mol. The standard InChI is InChI=1S/C17H22N2OS/c1-2-10-18-17(21)19-11-4-7-13-5-3-6-14-8-9-15(20)12-16(13)14/h3,5-6,8-9,12,20H,2,4,7,10-11H2,1H3,(H2,18,19,21). The third-order valence-corrected chi connectivity index (χ3v) is 3.69. The zero-order valence-electron chi connectivity index (χ0n) is 12.4. The Morgan fingerprint density at radius 2 is 1.95 bits per heavy atom. The molecule has 21 heavy (non-hydrogen) atoms. The Morgan fingerprint density at radius 1 is 1.14 bits per heavy atom. The van der Waals surface area contributed by atoms with Crippen molar-refractivity contribution in [2.45, 2.75) is 26.2 Å². The van der Waals surface area contributed by atoms with E-state index < -0.39 is 0 Å². The Hall–Kier alpha value is -1.81. The van der Waals surface area contributed by atoms with E-state index in [9.17, 15) is 5.11 Å². The first-order valence-corrected chi connectivity index (χ1v) is 7.84. The Bertz CT molecular complexity index is 613. The van der Waals surface area contributed by atoms with Crippen LogP contribution in [0.1, 0.15) is 25.3 Å². The molecule has 0 amide bonds. The van der Waals surface area contributed by atoms with Crippen molar-refractivity contribution in [1.82, 2.24) is 10.6 Å². The van der Waals surface area contributed by atoms with Crippen LogP contribution in [0.15, 0.2) is 36.4 Å². The van der Waals surface area contributed by atoms with Crippen molar-refractivity contribution in [3.63, 3.8) is 0 Å². The molecule has 3 N–H and O–H groups in total. The van der Waals surface area contributed by atoms with E-state index in [-0.39, 0.29) is 0 Å². The third-order valence-electron chi connectivity index (χ3n) is 3.40. The van der Waals surface area contributed by atoms with Crippen LogP contribution in [0.2, 0.25) is 0 Å². The molecule has 0 saturated heterocycles. The van der Waals surface area contributed by atoms with Crippen molar-refractivity contribution in [1.29, 1.82) is 0 Å². The van der Waals surface area contributed by atoms with Gasteiger partial charge in [-0.1, -0.05) is 31.2 Å². The van der Waals surface area contributed by atoms with Gasteiger partial charge in [-0.3, -0.25) is 0 Å². The first-order valence-electron chi connectivity index (χ1n) is 7.43. The largest absolute Gasteiger partial charge is 0.508 e. The molecule has 0 saturated carbocycles. The van der Waals surface area contributed by atoms with Crippen LogP contribution in [0, 0.1) is 0 Å². The van der Waals surface area contributed by atoms with Crippen LogP contribution in [0.3, 0.4) is 0 Å². The summed E-state index contributed by atoms with van der Waals surface area (Å²) in [5.74, 6) is 0.318. The van der Waals surface area contributed by atoms with Gasteiger partial charge in [0.25, 0.3) is 0 Å². The van der Waals surface area contributed by atoms with Crippen LogP contribution in [0.25, 0.3) is 10.8 Å². The van der Waals surface area contributed by atoms with E-state index in [0.29, 0.717) is 5.75 Å². The summed E-state index contributed by atoms with van der Waals surface area (Å²) < 4.78 is 0. The maximum atomic E-state index is 9.64. The molecule has 0 aliphatic heterocycles. The van der Waals surface area contributed by atoms with Gasteiger partial charge in [-0.05, 0) is 59.9 Å². The molecule has 0 bridgehead atoms. The highest BCUT2D eigenvalue weighted by Gasteiger charge is 2.02. The first kappa shape index (κ1) is 15.6. The van der Waals surface area contributed by atoms with Crippen LogP contribution in [-0.2, 0) is 6.42 Å². The lowest BCUT2D eigenvalue weighted by atomic mass is 10.0. The summed E-state index contributed by atoms with van der Waals surface area (Å²) in [4.78, 5) is 0. The summed E-state index contributed by atoms with van der Waals surface area (Å²) >= 11 is 5.19. The number of phenolic OH excluding ortho intramolecular Hbond substituents is 1. The highest BCUT2D eigenvalue weighted by atomic mass is 32.1. The lowest BCUT2D eigenvalue weighted by molar-refractivity contribution is 0.476. The molecule has 2 rings (SSSR count). The molecule has 0 aromatic heterocycles. The summed E-state index contributed by atoms with van der Waals surface area (Å²) in [7, 11) is 0. The van der Waals surface area contributed by atoms with Gasteiger partial charge in [0.05, 0.1) is 0 Å².